The Bertz CT molecular complexity index is 760. The summed E-state index contributed by atoms with van der Waals surface area (Å²) in [6.45, 7) is 2.14. The van der Waals surface area contributed by atoms with Crippen molar-refractivity contribution in [1.29, 1.82) is 0 Å². The Morgan fingerprint density at radius 1 is 1.47 bits per heavy atom. The summed E-state index contributed by atoms with van der Waals surface area (Å²) in [6, 6.07) is 3.94. The van der Waals surface area contributed by atoms with E-state index in [2.05, 4.69) is 12.0 Å². The van der Waals surface area contributed by atoms with Crippen molar-refractivity contribution in [1.82, 2.24) is 9.19 Å². The first kappa shape index (κ1) is 12.5. The largest absolute Gasteiger partial charge is 0.365 e. The number of rotatable bonds is 4. The van der Waals surface area contributed by atoms with Gasteiger partial charge in [-0.15, -0.1) is 11.3 Å². The van der Waals surface area contributed by atoms with Crippen LogP contribution < -0.4 is 5.73 Å². The van der Waals surface area contributed by atoms with Crippen molar-refractivity contribution in [3.05, 3.63) is 28.6 Å². The van der Waals surface area contributed by atoms with Crippen molar-refractivity contribution in [2.75, 3.05) is 5.75 Å². The first-order valence-electron chi connectivity index (χ1n) is 6.03. The highest BCUT2D eigenvalue weighted by Crippen LogP contribution is 2.33. The van der Waals surface area contributed by atoms with E-state index in [1.165, 1.54) is 11.3 Å². The highest BCUT2D eigenvalue weighted by Gasteiger charge is 2.14. The van der Waals surface area contributed by atoms with E-state index in [1.54, 1.807) is 11.9 Å². The predicted octanol–water partition coefficient (Wildman–Crippen LogP) is 3.26. The highest BCUT2D eigenvalue weighted by atomic mass is 32.2. The molecule has 0 aliphatic rings. The summed E-state index contributed by atoms with van der Waals surface area (Å²) < 4.78 is 1.94. The molecule has 0 saturated heterocycles. The molecule has 19 heavy (non-hydrogen) atoms. The average molecular weight is 291 g/mol. The molecule has 0 spiro atoms. The van der Waals surface area contributed by atoms with Crippen LogP contribution in [-0.2, 0) is 0 Å². The molecule has 98 valence electrons. The van der Waals surface area contributed by atoms with Gasteiger partial charge in [-0.25, -0.2) is 4.09 Å². The van der Waals surface area contributed by atoms with Crippen LogP contribution in [0.2, 0.25) is 0 Å². The number of hydrogen-bond donors (Lipinski definition) is 1. The zero-order valence-electron chi connectivity index (χ0n) is 10.4. The minimum Gasteiger partial charge on any atom is -0.365 e. The number of carbonyl (C=O) groups is 1. The zero-order chi connectivity index (χ0) is 13.4. The molecule has 3 rings (SSSR count). The standard InChI is InChI=1S/C13H13N3OS2/c1-2-5-19-16-11-8(6-15-16)3-4-9-10(11)7-18-12(9)13(14)17/h3-4,6-7H,2,5H2,1H3,(H2,14,17). The third-order valence-corrected chi connectivity index (χ3v) is 5.04. The number of benzene rings is 1. The van der Waals surface area contributed by atoms with E-state index in [-0.39, 0.29) is 5.91 Å². The Morgan fingerprint density at radius 3 is 3.05 bits per heavy atom. The summed E-state index contributed by atoms with van der Waals surface area (Å²) in [5.41, 5.74) is 6.47. The molecule has 0 radical (unpaired) electrons. The summed E-state index contributed by atoms with van der Waals surface area (Å²) >= 11 is 3.08. The van der Waals surface area contributed by atoms with Gasteiger partial charge in [-0.1, -0.05) is 19.1 Å². The van der Waals surface area contributed by atoms with Crippen LogP contribution in [0.5, 0.6) is 0 Å². The maximum atomic E-state index is 11.4. The Labute approximate surface area is 118 Å². The number of thiophene rings is 1. The van der Waals surface area contributed by atoms with Gasteiger partial charge in [0.25, 0.3) is 5.91 Å². The summed E-state index contributed by atoms with van der Waals surface area (Å²) in [7, 11) is 0. The van der Waals surface area contributed by atoms with Crippen molar-refractivity contribution < 1.29 is 4.79 Å². The predicted molar refractivity (Wildman–Crippen MR) is 81.8 cm³/mol. The van der Waals surface area contributed by atoms with Gasteiger partial charge in [0.2, 0.25) is 0 Å². The molecule has 0 atom stereocenters. The van der Waals surface area contributed by atoms with Gasteiger partial charge in [-0.2, -0.15) is 5.10 Å². The molecule has 0 saturated carbocycles. The normalized spacial score (nSPS) is 11.4. The second kappa shape index (κ2) is 4.86. The quantitative estimate of drug-likeness (QED) is 0.802. The van der Waals surface area contributed by atoms with Gasteiger partial charge in [0.15, 0.2) is 0 Å². The maximum Gasteiger partial charge on any atom is 0.259 e. The lowest BCUT2D eigenvalue weighted by Gasteiger charge is -2.02. The lowest BCUT2D eigenvalue weighted by Crippen LogP contribution is -2.08. The van der Waals surface area contributed by atoms with E-state index >= 15 is 0 Å². The fourth-order valence-corrected chi connectivity index (χ4v) is 3.78. The molecule has 2 N–H and O–H groups in total. The van der Waals surface area contributed by atoms with Crippen LogP contribution in [0.1, 0.15) is 23.0 Å². The topological polar surface area (TPSA) is 60.9 Å². The fourth-order valence-electron chi connectivity index (χ4n) is 2.08. The van der Waals surface area contributed by atoms with E-state index < -0.39 is 0 Å². The van der Waals surface area contributed by atoms with Gasteiger partial charge in [0.1, 0.15) is 0 Å². The lowest BCUT2D eigenvalue weighted by molar-refractivity contribution is 0.101. The van der Waals surface area contributed by atoms with E-state index in [4.69, 9.17) is 5.73 Å². The van der Waals surface area contributed by atoms with Crippen LogP contribution in [0.15, 0.2) is 23.7 Å². The van der Waals surface area contributed by atoms with Crippen molar-refractivity contribution >= 4 is 50.9 Å². The van der Waals surface area contributed by atoms with Crippen LogP contribution in [0.25, 0.3) is 21.7 Å². The van der Waals surface area contributed by atoms with Crippen LogP contribution >= 0.6 is 23.3 Å². The molecule has 1 amide bonds. The highest BCUT2D eigenvalue weighted by molar-refractivity contribution is 7.97. The van der Waals surface area contributed by atoms with E-state index in [0.717, 1.165) is 33.8 Å². The third-order valence-electron chi connectivity index (χ3n) is 2.92. The minimum atomic E-state index is -0.369. The molecule has 2 aromatic heterocycles. The number of primary amides is 1. The smallest absolute Gasteiger partial charge is 0.259 e. The molecular weight excluding hydrogens is 278 g/mol. The van der Waals surface area contributed by atoms with Crippen molar-refractivity contribution in [3.8, 4) is 0 Å². The van der Waals surface area contributed by atoms with Gasteiger partial charge in [0.05, 0.1) is 16.6 Å². The number of nitrogens with zero attached hydrogens (tertiary/aromatic N) is 2. The van der Waals surface area contributed by atoms with Crippen LogP contribution in [0.4, 0.5) is 0 Å². The molecule has 0 aliphatic heterocycles. The van der Waals surface area contributed by atoms with E-state index in [0.29, 0.717) is 4.88 Å². The van der Waals surface area contributed by atoms with Crippen molar-refractivity contribution in [3.63, 3.8) is 0 Å². The number of nitrogens with two attached hydrogens (primary N) is 1. The minimum absolute atomic E-state index is 0.369. The van der Waals surface area contributed by atoms with Gasteiger partial charge in [0, 0.05) is 27.3 Å². The summed E-state index contributed by atoms with van der Waals surface area (Å²) in [6.07, 6.45) is 2.96. The molecular formula is C13H13N3OS2. The molecule has 6 heteroatoms. The first-order valence-corrected chi connectivity index (χ1v) is 7.85. The number of carbonyl (C=O) groups excluding carboxylic acids is 1. The number of aromatic nitrogens is 2. The Balaban J connectivity index is 2.26. The zero-order valence-corrected chi connectivity index (χ0v) is 12.1. The first-order chi connectivity index (χ1) is 9.22. The number of hydrogen-bond acceptors (Lipinski definition) is 4. The Kier molecular flexibility index (Phi) is 3.20. The number of amides is 1. The van der Waals surface area contributed by atoms with Gasteiger partial charge < -0.3 is 5.73 Å². The molecule has 4 nitrogen and oxygen atoms in total. The Hall–Kier alpha value is -1.53. The van der Waals surface area contributed by atoms with Crippen LogP contribution in [-0.4, -0.2) is 20.8 Å². The molecule has 2 heterocycles. The second-order valence-corrected chi connectivity index (χ2v) is 6.14. The summed E-state index contributed by atoms with van der Waals surface area (Å²) in [5.74, 6) is 0.645. The van der Waals surface area contributed by atoms with Crippen LogP contribution in [0.3, 0.4) is 0 Å². The third kappa shape index (κ3) is 2.01. The summed E-state index contributed by atoms with van der Waals surface area (Å²) in [4.78, 5) is 12.0. The van der Waals surface area contributed by atoms with Gasteiger partial charge >= 0.3 is 0 Å². The monoisotopic (exact) mass is 291 g/mol. The SMILES string of the molecule is CCCSn1ncc2ccc3c(C(N)=O)scc3c21. The molecule has 0 unspecified atom stereocenters. The van der Waals surface area contributed by atoms with Gasteiger partial charge in [-0.3, -0.25) is 4.79 Å². The average Bonchev–Trinajstić information content (AvgIpc) is 2.99. The van der Waals surface area contributed by atoms with Gasteiger partial charge in [-0.05, 0) is 18.4 Å². The number of fused-ring (bicyclic) bond motifs is 3. The molecule has 3 aromatic rings. The second-order valence-electron chi connectivity index (χ2n) is 4.24. The molecule has 1 aromatic carbocycles. The van der Waals surface area contributed by atoms with Crippen molar-refractivity contribution in [2.45, 2.75) is 13.3 Å². The van der Waals surface area contributed by atoms with E-state index in [9.17, 15) is 4.79 Å². The lowest BCUT2D eigenvalue weighted by atomic mass is 10.1. The Morgan fingerprint density at radius 2 is 2.32 bits per heavy atom. The van der Waals surface area contributed by atoms with Crippen molar-refractivity contribution in [2.24, 2.45) is 5.73 Å². The maximum absolute atomic E-state index is 11.4. The molecule has 0 bridgehead atoms. The van der Waals surface area contributed by atoms with Crippen LogP contribution in [0, 0.1) is 0 Å². The van der Waals surface area contributed by atoms with E-state index in [1.807, 2.05) is 27.8 Å². The fraction of sp³-hybridized carbons (Fsp3) is 0.231. The molecule has 0 fully saturated rings. The summed E-state index contributed by atoms with van der Waals surface area (Å²) in [5, 5.41) is 9.45. The molecule has 0 aliphatic carbocycles.